The fourth-order valence-electron chi connectivity index (χ4n) is 1.57. The van der Waals surface area contributed by atoms with E-state index in [0.717, 1.165) is 0 Å². The number of H-pyrrole nitrogens is 1. The predicted molar refractivity (Wildman–Crippen MR) is 71.2 cm³/mol. The van der Waals surface area contributed by atoms with Crippen molar-refractivity contribution in [1.82, 2.24) is 25.8 Å². The molecule has 2 amide bonds. The van der Waals surface area contributed by atoms with Crippen molar-refractivity contribution in [2.24, 2.45) is 0 Å². The van der Waals surface area contributed by atoms with Crippen molar-refractivity contribution in [2.75, 3.05) is 0 Å². The van der Waals surface area contributed by atoms with Crippen molar-refractivity contribution in [3.05, 3.63) is 34.5 Å². The zero-order valence-electron chi connectivity index (χ0n) is 10.5. The number of hydrogen-bond acceptors (Lipinski definition) is 5. The van der Waals surface area contributed by atoms with E-state index in [0.29, 0.717) is 10.7 Å². The van der Waals surface area contributed by atoms with E-state index in [1.807, 2.05) is 0 Å². The number of nitrogens with one attached hydrogen (secondary N) is 3. The van der Waals surface area contributed by atoms with Gasteiger partial charge in [0.1, 0.15) is 12.2 Å². The van der Waals surface area contributed by atoms with Crippen molar-refractivity contribution in [1.29, 1.82) is 0 Å². The van der Waals surface area contributed by atoms with Gasteiger partial charge in [0.25, 0.3) is 0 Å². The summed E-state index contributed by atoms with van der Waals surface area (Å²) in [6.45, 7) is 1.71. The lowest BCUT2D eigenvalue weighted by Gasteiger charge is -2.16. The first-order chi connectivity index (χ1) is 9.58. The number of hydrogen-bond donors (Lipinski definition) is 4. The molecule has 2 rings (SSSR count). The van der Waals surface area contributed by atoms with Gasteiger partial charge in [0.05, 0.1) is 6.04 Å². The van der Waals surface area contributed by atoms with Gasteiger partial charge in [0.15, 0.2) is 6.04 Å². The van der Waals surface area contributed by atoms with E-state index in [1.54, 1.807) is 24.4 Å². The van der Waals surface area contributed by atoms with Gasteiger partial charge in [0.2, 0.25) is 0 Å². The number of carboxylic acid groups (broad SMARTS) is 1. The Labute approximate surface area is 118 Å². The summed E-state index contributed by atoms with van der Waals surface area (Å²) in [6.07, 6.45) is 1.33. The second kappa shape index (κ2) is 6.15. The van der Waals surface area contributed by atoms with Crippen molar-refractivity contribution in [2.45, 2.75) is 19.0 Å². The third-order valence-electron chi connectivity index (χ3n) is 2.54. The number of aliphatic carboxylic acids is 1. The fourth-order valence-corrected chi connectivity index (χ4v) is 2.34. The minimum absolute atomic E-state index is 0.407. The van der Waals surface area contributed by atoms with Crippen LogP contribution in [0.5, 0.6) is 0 Å². The molecule has 0 radical (unpaired) electrons. The summed E-state index contributed by atoms with van der Waals surface area (Å²) >= 11 is 1.27. The molecule has 2 aromatic rings. The van der Waals surface area contributed by atoms with Gasteiger partial charge in [-0.3, -0.25) is 5.10 Å². The number of carboxylic acids is 1. The van der Waals surface area contributed by atoms with E-state index >= 15 is 0 Å². The zero-order chi connectivity index (χ0) is 14.5. The highest BCUT2D eigenvalue weighted by Crippen LogP contribution is 2.19. The van der Waals surface area contributed by atoms with Gasteiger partial charge in [-0.25, -0.2) is 14.6 Å². The molecule has 0 aromatic carbocycles. The van der Waals surface area contributed by atoms with E-state index in [2.05, 4.69) is 25.8 Å². The number of carbonyl (C=O) groups excluding carboxylic acids is 1. The molecule has 4 N–H and O–H groups in total. The van der Waals surface area contributed by atoms with Crippen molar-refractivity contribution in [3.8, 4) is 0 Å². The number of aromatic amines is 1. The number of amides is 2. The van der Waals surface area contributed by atoms with E-state index in [4.69, 9.17) is 5.11 Å². The van der Waals surface area contributed by atoms with Crippen LogP contribution in [0.1, 0.15) is 29.7 Å². The van der Waals surface area contributed by atoms with Crippen LogP contribution in [0.25, 0.3) is 0 Å². The molecule has 0 fully saturated rings. The van der Waals surface area contributed by atoms with Crippen LogP contribution in [0.15, 0.2) is 23.8 Å². The summed E-state index contributed by atoms with van der Waals surface area (Å²) in [7, 11) is 0. The summed E-state index contributed by atoms with van der Waals surface area (Å²) < 4.78 is 0. The van der Waals surface area contributed by atoms with Crippen LogP contribution in [-0.4, -0.2) is 32.3 Å². The third-order valence-corrected chi connectivity index (χ3v) is 3.48. The highest BCUT2D eigenvalue weighted by atomic mass is 32.1. The molecule has 2 aromatic heterocycles. The Balaban J connectivity index is 1.97. The molecule has 20 heavy (non-hydrogen) atoms. The lowest BCUT2D eigenvalue weighted by atomic mass is 10.2. The van der Waals surface area contributed by atoms with Gasteiger partial charge in [-0.2, -0.15) is 5.10 Å². The molecule has 0 aliphatic heterocycles. The average molecular weight is 295 g/mol. The Bertz CT molecular complexity index is 569. The molecule has 2 atom stereocenters. The molecule has 2 heterocycles. The maximum Gasteiger partial charge on any atom is 0.331 e. The van der Waals surface area contributed by atoms with Crippen molar-refractivity contribution >= 4 is 23.3 Å². The SMILES string of the molecule is CC(NC(=O)NC(C(=O)O)c1cccs1)c1ncn[nH]1. The lowest BCUT2D eigenvalue weighted by Crippen LogP contribution is -2.41. The first-order valence-electron chi connectivity index (χ1n) is 5.76. The Kier molecular flexibility index (Phi) is 4.31. The van der Waals surface area contributed by atoms with Crippen LogP contribution in [0.3, 0.4) is 0 Å². The van der Waals surface area contributed by atoms with Crippen molar-refractivity contribution < 1.29 is 14.7 Å². The fraction of sp³-hybridized carbons (Fsp3) is 0.273. The predicted octanol–water partition coefficient (Wildman–Crippen LogP) is 1.05. The summed E-state index contributed by atoms with van der Waals surface area (Å²) in [4.78, 5) is 27.5. The Morgan fingerprint density at radius 2 is 2.25 bits per heavy atom. The maximum absolute atomic E-state index is 11.8. The first-order valence-corrected chi connectivity index (χ1v) is 6.64. The smallest absolute Gasteiger partial charge is 0.331 e. The molecule has 9 heteroatoms. The number of nitrogens with zero attached hydrogens (tertiary/aromatic N) is 2. The minimum Gasteiger partial charge on any atom is -0.479 e. The molecule has 0 aliphatic carbocycles. The van der Waals surface area contributed by atoms with Crippen LogP contribution in [0.2, 0.25) is 0 Å². The van der Waals surface area contributed by atoms with Crippen LogP contribution in [0, 0.1) is 0 Å². The number of carbonyl (C=O) groups is 2. The van der Waals surface area contributed by atoms with E-state index in [-0.39, 0.29) is 0 Å². The minimum atomic E-state index is -1.12. The summed E-state index contributed by atoms with van der Waals surface area (Å²) in [5.74, 6) is -0.627. The molecule has 0 saturated heterocycles. The summed E-state index contributed by atoms with van der Waals surface area (Å²) in [6, 6.07) is 1.32. The quantitative estimate of drug-likeness (QED) is 0.657. The summed E-state index contributed by atoms with van der Waals surface area (Å²) in [5.41, 5.74) is 0. The second-order valence-electron chi connectivity index (χ2n) is 4.00. The molecular weight excluding hydrogens is 282 g/mol. The van der Waals surface area contributed by atoms with Crippen LogP contribution in [-0.2, 0) is 4.79 Å². The number of rotatable bonds is 5. The number of thiophene rings is 1. The maximum atomic E-state index is 11.8. The molecule has 0 bridgehead atoms. The zero-order valence-corrected chi connectivity index (χ0v) is 11.3. The first kappa shape index (κ1) is 14.0. The number of aromatic nitrogens is 3. The third kappa shape index (κ3) is 3.32. The largest absolute Gasteiger partial charge is 0.479 e. The lowest BCUT2D eigenvalue weighted by molar-refractivity contribution is -0.139. The monoisotopic (exact) mass is 295 g/mol. The van der Waals surface area contributed by atoms with Gasteiger partial charge in [0, 0.05) is 4.88 Å². The molecule has 0 saturated carbocycles. The van der Waals surface area contributed by atoms with Crippen LogP contribution in [0.4, 0.5) is 4.79 Å². The Hall–Kier alpha value is -2.42. The Morgan fingerprint density at radius 1 is 1.45 bits per heavy atom. The standard InChI is InChI=1S/C11H13N5O3S/c1-6(9-12-5-13-16-9)14-11(19)15-8(10(17)18)7-3-2-4-20-7/h2-6,8H,1H3,(H,17,18)(H,12,13,16)(H2,14,15,19). The van der Waals surface area contributed by atoms with Crippen LogP contribution < -0.4 is 10.6 Å². The molecule has 106 valence electrons. The second-order valence-corrected chi connectivity index (χ2v) is 4.98. The van der Waals surface area contributed by atoms with Crippen molar-refractivity contribution in [3.63, 3.8) is 0 Å². The molecular formula is C11H13N5O3S. The van der Waals surface area contributed by atoms with Gasteiger partial charge < -0.3 is 15.7 Å². The van der Waals surface area contributed by atoms with E-state index in [1.165, 1.54) is 17.7 Å². The normalized spacial score (nSPS) is 13.4. The topological polar surface area (TPSA) is 120 Å². The number of urea groups is 1. The average Bonchev–Trinajstić information content (AvgIpc) is 3.08. The highest BCUT2D eigenvalue weighted by Gasteiger charge is 2.24. The van der Waals surface area contributed by atoms with E-state index < -0.39 is 24.1 Å². The van der Waals surface area contributed by atoms with Gasteiger partial charge in [-0.15, -0.1) is 11.3 Å². The van der Waals surface area contributed by atoms with E-state index in [9.17, 15) is 9.59 Å². The summed E-state index contributed by atoms with van der Waals surface area (Å²) in [5, 5.41) is 22.2. The molecule has 8 nitrogen and oxygen atoms in total. The Morgan fingerprint density at radius 3 is 2.80 bits per heavy atom. The molecule has 0 aliphatic rings. The highest BCUT2D eigenvalue weighted by molar-refractivity contribution is 7.10. The van der Waals surface area contributed by atoms with Crippen LogP contribution >= 0.6 is 11.3 Å². The molecule has 0 spiro atoms. The molecule has 2 unspecified atom stereocenters. The van der Waals surface area contributed by atoms with Gasteiger partial charge in [-0.1, -0.05) is 6.07 Å². The van der Waals surface area contributed by atoms with Gasteiger partial charge in [-0.05, 0) is 18.4 Å². The van der Waals surface area contributed by atoms with Gasteiger partial charge >= 0.3 is 12.0 Å².